The molecule has 1 aromatic heterocycles. The molecule has 2 N–H and O–H groups in total. The normalized spacial score (nSPS) is 11.7. The predicted molar refractivity (Wildman–Crippen MR) is 151 cm³/mol. The minimum atomic E-state index is -0.317. The van der Waals surface area contributed by atoms with Gasteiger partial charge in [-0.3, -0.25) is 9.59 Å². The first-order valence-electron chi connectivity index (χ1n) is 11.4. The van der Waals surface area contributed by atoms with E-state index in [2.05, 4.69) is 34.7 Å². The van der Waals surface area contributed by atoms with E-state index in [1.54, 1.807) is 12.1 Å². The first kappa shape index (κ1) is 25.9. The summed E-state index contributed by atoms with van der Waals surface area (Å²) in [6, 6.07) is 22.9. The van der Waals surface area contributed by atoms with Crippen molar-refractivity contribution >= 4 is 57.3 Å². The molecule has 0 saturated carbocycles. The second-order valence-electron chi connectivity index (χ2n) is 8.41. The van der Waals surface area contributed by atoms with Gasteiger partial charge in [0, 0.05) is 26.0 Å². The average molecular weight is 536 g/mol. The number of thioether (sulfide) groups is 1. The Morgan fingerprint density at radius 3 is 2.28 bits per heavy atom. The minimum absolute atomic E-state index is 0.103. The highest BCUT2D eigenvalue weighted by molar-refractivity contribution is 8.00. The fourth-order valence-corrected chi connectivity index (χ4v) is 5.34. The topological polar surface area (TPSA) is 71.1 Å². The molecule has 2 amide bonds. The van der Waals surface area contributed by atoms with Crippen LogP contribution < -0.4 is 10.6 Å². The fourth-order valence-electron chi connectivity index (χ4n) is 3.50. The summed E-state index contributed by atoms with van der Waals surface area (Å²) in [4.78, 5) is 31.7. The molecule has 0 radical (unpaired) electrons. The number of anilines is 2. The number of carbonyl (C=O) groups excluding carboxylic acids is 2. The lowest BCUT2D eigenvalue weighted by molar-refractivity contribution is -0.116. The summed E-state index contributed by atoms with van der Waals surface area (Å²) < 4.78 is 0. The Kier molecular flexibility index (Phi) is 8.46. The molecule has 0 spiro atoms. The Morgan fingerprint density at radius 2 is 1.61 bits per heavy atom. The van der Waals surface area contributed by atoms with Crippen LogP contribution in [0.15, 0.2) is 77.7 Å². The molecule has 1 atom stereocenters. The van der Waals surface area contributed by atoms with Crippen LogP contribution in [0, 0.1) is 13.8 Å². The summed E-state index contributed by atoms with van der Waals surface area (Å²) in [5.41, 5.74) is 4.73. The van der Waals surface area contributed by atoms with E-state index < -0.39 is 0 Å². The Morgan fingerprint density at radius 1 is 0.944 bits per heavy atom. The van der Waals surface area contributed by atoms with Gasteiger partial charge in [0.15, 0.2) is 5.13 Å². The maximum absolute atomic E-state index is 12.8. The molecule has 1 heterocycles. The van der Waals surface area contributed by atoms with Gasteiger partial charge in [-0.1, -0.05) is 53.6 Å². The molecular weight excluding hydrogens is 510 g/mol. The summed E-state index contributed by atoms with van der Waals surface area (Å²) in [6.07, 6.45) is 0.271. The van der Waals surface area contributed by atoms with E-state index in [4.69, 9.17) is 11.6 Å². The van der Waals surface area contributed by atoms with Gasteiger partial charge in [0.05, 0.1) is 17.4 Å². The largest absolute Gasteiger partial charge is 0.326 e. The van der Waals surface area contributed by atoms with Crippen LogP contribution in [-0.2, 0) is 16.0 Å². The number of nitrogens with zero attached hydrogens (tertiary/aromatic N) is 1. The predicted octanol–water partition coefficient (Wildman–Crippen LogP) is 7.38. The van der Waals surface area contributed by atoms with Gasteiger partial charge in [-0.25, -0.2) is 4.98 Å². The Hall–Kier alpha value is -3.13. The Balaban J connectivity index is 1.30. The summed E-state index contributed by atoms with van der Waals surface area (Å²) in [5, 5.41) is 6.77. The highest BCUT2D eigenvalue weighted by atomic mass is 35.5. The van der Waals surface area contributed by atoms with Crippen LogP contribution in [0.25, 0.3) is 11.3 Å². The third-order valence-corrected chi connectivity index (χ3v) is 7.70. The number of amides is 2. The van der Waals surface area contributed by atoms with E-state index >= 15 is 0 Å². The smallest absolute Gasteiger partial charge is 0.239 e. The van der Waals surface area contributed by atoms with Crippen molar-refractivity contribution in [1.82, 2.24) is 4.98 Å². The van der Waals surface area contributed by atoms with Crippen molar-refractivity contribution in [3.63, 3.8) is 0 Å². The number of aryl methyl sites for hydroxylation is 2. The van der Waals surface area contributed by atoms with E-state index in [1.807, 2.05) is 62.4 Å². The molecule has 4 aromatic rings. The average Bonchev–Trinajstić information content (AvgIpc) is 3.22. The molecule has 184 valence electrons. The number of aromatic nitrogens is 1. The van der Waals surface area contributed by atoms with E-state index in [0.717, 1.165) is 26.6 Å². The van der Waals surface area contributed by atoms with Gasteiger partial charge in [-0.05, 0) is 62.7 Å². The SMILES string of the molecule is Cc1ccc(-c2nc(NC(=O)C(C)Sc3ccc(NC(=O)Cc4ccc(Cl)cc4)cc3)sc2C)cc1. The Bertz CT molecular complexity index is 1350. The molecule has 36 heavy (non-hydrogen) atoms. The molecule has 5 nitrogen and oxygen atoms in total. The van der Waals surface area contributed by atoms with Crippen molar-refractivity contribution in [1.29, 1.82) is 0 Å². The van der Waals surface area contributed by atoms with Crippen molar-refractivity contribution in [2.45, 2.75) is 37.3 Å². The monoisotopic (exact) mass is 535 g/mol. The summed E-state index contributed by atoms with van der Waals surface area (Å²) in [6.45, 7) is 5.93. The zero-order valence-corrected chi connectivity index (χ0v) is 22.6. The maximum atomic E-state index is 12.8. The van der Waals surface area contributed by atoms with Crippen molar-refractivity contribution in [2.75, 3.05) is 10.6 Å². The number of rotatable bonds is 8. The third kappa shape index (κ3) is 6.97. The molecule has 1 unspecified atom stereocenters. The van der Waals surface area contributed by atoms with Gasteiger partial charge in [0.2, 0.25) is 11.8 Å². The van der Waals surface area contributed by atoms with Crippen molar-refractivity contribution < 1.29 is 9.59 Å². The van der Waals surface area contributed by atoms with Gasteiger partial charge >= 0.3 is 0 Å². The lowest BCUT2D eigenvalue weighted by Gasteiger charge is -2.11. The zero-order valence-electron chi connectivity index (χ0n) is 20.2. The number of carbonyl (C=O) groups is 2. The van der Waals surface area contributed by atoms with Crippen LogP contribution in [0.4, 0.5) is 10.8 Å². The molecule has 0 aliphatic rings. The molecule has 0 bridgehead atoms. The molecule has 0 fully saturated rings. The highest BCUT2D eigenvalue weighted by Gasteiger charge is 2.18. The number of thiazole rings is 1. The number of hydrogen-bond donors (Lipinski definition) is 2. The maximum Gasteiger partial charge on any atom is 0.239 e. The third-order valence-electron chi connectivity index (χ3n) is 5.45. The molecule has 0 aliphatic carbocycles. The summed E-state index contributed by atoms with van der Waals surface area (Å²) in [5.74, 6) is -0.209. The van der Waals surface area contributed by atoms with E-state index in [9.17, 15) is 9.59 Å². The zero-order chi connectivity index (χ0) is 25.7. The minimum Gasteiger partial charge on any atom is -0.326 e. The molecule has 0 saturated heterocycles. The lowest BCUT2D eigenvalue weighted by atomic mass is 10.1. The second kappa shape index (κ2) is 11.7. The Labute approximate surface area is 224 Å². The van der Waals surface area contributed by atoms with Crippen LogP contribution >= 0.6 is 34.7 Å². The van der Waals surface area contributed by atoms with Crippen molar-refractivity contribution in [3.05, 3.63) is 93.8 Å². The van der Waals surface area contributed by atoms with E-state index in [-0.39, 0.29) is 23.5 Å². The van der Waals surface area contributed by atoms with Crippen molar-refractivity contribution in [2.24, 2.45) is 0 Å². The van der Waals surface area contributed by atoms with Gasteiger partial charge in [-0.15, -0.1) is 23.1 Å². The van der Waals surface area contributed by atoms with Gasteiger partial charge in [0.25, 0.3) is 0 Å². The summed E-state index contributed by atoms with van der Waals surface area (Å²) >= 11 is 8.82. The van der Waals surface area contributed by atoms with Gasteiger partial charge < -0.3 is 10.6 Å². The molecule has 8 heteroatoms. The van der Waals surface area contributed by atoms with Gasteiger partial charge in [0.1, 0.15) is 0 Å². The van der Waals surface area contributed by atoms with Crippen LogP contribution in [0.3, 0.4) is 0 Å². The molecule has 3 aromatic carbocycles. The van der Waals surface area contributed by atoms with Crippen molar-refractivity contribution in [3.8, 4) is 11.3 Å². The van der Waals surface area contributed by atoms with Gasteiger partial charge in [-0.2, -0.15) is 0 Å². The quantitative estimate of drug-likeness (QED) is 0.231. The first-order valence-corrected chi connectivity index (χ1v) is 13.5. The number of hydrogen-bond acceptors (Lipinski definition) is 5. The van der Waals surface area contributed by atoms with E-state index in [1.165, 1.54) is 28.7 Å². The lowest BCUT2D eigenvalue weighted by Crippen LogP contribution is -2.22. The van der Waals surface area contributed by atoms with Crippen LogP contribution in [-0.4, -0.2) is 22.0 Å². The molecule has 0 aliphatic heterocycles. The molecule has 4 rings (SSSR count). The molecular formula is C28H26ClN3O2S2. The van der Waals surface area contributed by atoms with Crippen LogP contribution in [0.5, 0.6) is 0 Å². The first-order chi connectivity index (χ1) is 17.3. The number of halogens is 1. The summed E-state index contributed by atoms with van der Waals surface area (Å²) in [7, 11) is 0. The van der Waals surface area contributed by atoms with Crippen LogP contribution in [0.1, 0.15) is 22.9 Å². The van der Waals surface area contributed by atoms with Crippen LogP contribution in [0.2, 0.25) is 5.02 Å². The standard InChI is InChI=1S/C28H26ClN3O2S2/c1-17-4-8-21(9-5-17)26-18(2)36-28(31-26)32-27(34)19(3)35-24-14-12-23(13-15-24)30-25(33)16-20-6-10-22(29)11-7-20/h4-15,19H,16H2,1-3H3,(H,30,33)(H,31,32,34). The number of nitrogens with one attached hydrogen (secondary N) is 2. The highest BCUT2D eigenvalue weighted by Crippen LogP contribution is 2.32. The fraction of sp³-hybridized carbons (Fsp3) is 0.179. The van der Waals surface area contributed by atoms with E-state index in [0.29, 0.717) is 15.8 Å². The number of benzene rings is 3. The second-order valence-corrected chi connectivity index (χ2v) is 11.5.